The first kappa shape index (κ1) is 19.2. The predicted molar refractivity (Wildman–Crippen MR) is 91.6 cm³/mol. The van der Waals surface area contributed by atoms with Crippen molar-refractivity contribution < 1.29 is 19.1 Å². The standard InChI is InChI=1S/C18H32N2O4/c1-3-24-17(22)11-18(8-5-4-6-9-18)20(2)13-16(21)19-12-15-7-10-23-14-15/h15H,3-14H2,1-2H3,(H,19,21). The average molecular weight is 340 g/mol. The zero-order valence-corrected chi connectivity index (χ0v) is 15.1. The molecule has 1 aliphatic heterocycles. The van der Waals surface area contributed by atoms with Crippen molar-refractivity contribution in [3.8, 4) is 0 Å². The van der Waals surface area contributed by atoms with Gasteiger partial charge in [0.15, 0.2) is 0 Å². The van der Waals surface area contributed by atoms with Crippen LogP contribution in [-0.4, -0.2) is 62.3 Å². The molecule has 2 aliphatic rings. The predicted octanol–water partition coefficient (Wildman–Crippen LogP) is 1.73. The number of ether oxygens (including phenoxy) is 2. The minimum Gasteiger partial charge on any atom is -0.466 e. The molecule has 1 atom stereocenters. The Bertz CT molecular complexity index is 415. The highest BCUT2D eigenvalue weighted by atomic mass is 16.5. The number of nitrogens with zero attached hydrogens (tertiary/aromatic N) is 1. The second-order valence-electron chi connectivity index (χ2n) is 7.16. The zero-order valence-electron chi connectivity index (χ0n) is 15.1. The molecular weight excluding hydrogens is 308 g/mol. The Morgan fingerprint density at radius 2 is 2.04 bits per heavy atom. The normalized spacial score (nSPS) is 23.2. The minimum absolute atomic E-state index is 0.0261. The van der Waals surface area contributed by atoms with E-state index < -0.39 is 0 Å². The third kappa shape index (κ3) is 5.45. The summed E-state index contributed by atoms with van der Waals surface area (Å²) in [5.41, 5.74) is -0.238. The number of rotatable bonds is 8. The molecule has 1 amide bonds. The van der Waals surface area contributed by atoms with Crippen molar-refractivity contribution in [3.63, 3.8) is 0 Å². The first-order valence-electron chi connectivity index (χ1n) is 9.27. The molecule has 1 saturated heterocycles. The lowest BCUT2D eigenvalue weighted by Crippen LogP contribution is -2.53. The van der Waals surface area contributed by atoms with E-state index in [1.54, 1.807) is 0 Å². The van der Waals surface area contributed by atoms with Gasteiger partial charge >= 0.3 is 5.97 Å². The van der Waals surface area contributed by atoms with Gasteiger partial charge in [-0.3, -0.25) is 14.5 Å². The molecule has 0 spiro atoms. The lowest BCUT2D eigenvalue weighted by atomic mass is 9.78. The van der Waals surface area contributed by atoms with Crippen LogP contribution in [-0.2, 0) is 19.1 Å². The molecule has 0 radical (unpaired) electrons. The van der Waals surface area contributed by atoms with Crippen LogP contribution in [0.2, 0.25) is 0 Å². The summed E-state index contributed by atoms with van der Waals surface area (Å²) >= 11 is 0. The average Bonchev–Trinajstić information content (AvgIpc) is 3.07. The second kappa shape index (κ2) is 9.37. The van der Waals surface area contributed by atoms with Crippen LogP contribution in [0.15, 0.2) is 0 Å². The van der Waals surface area contributed by atoms with E-state index in [1.807, 2.05) is 14.0 Å². The fourth-order valence-electron chi connectivity index (χ4n) is 3.83. The van der Waals surface area contributed by atoms with Crippen molar-refractivity contribution in [2.45, 2.75) is 57.4 Å². The molecule has 0 bridgehead atoms. The largest absolute Gasteiger partial charge is 0.466 e. The van der Waals surface area contributed by atoms with Gasteiger partial charge in [-0.25, -0.2) is 0 Å². The lowest BCUT2D eigenvalue weighted by molar-refractivity contribution is -0.148. The molecule has 6 nitrogen and oxygen atoms in total. The van der Waals surface area contributed by atoms with Crippen LogP contribution in [0.4, 0.5) is 0 Å². The van der Waals surface area contributed by atoms with Crippen molar-refractivity contribution in [1.29, 1.82) is 0 Å². The molecule has 2 rings (SSSR count). The van der Waals surface area contributed by atoms with Crippen molar-refractivity contribution in [2.75, 3.05) is 40.0 Å². The fraction of sp³-hybridized carbons (Fsp3) is 0.889. The zero-order chi connectivity index (χ0) is 17.4. The fourth-order valence-corrected chi connectivity index (χ4v) is 3.83. The Hall–Kier alpha value is -1.14. The van der Waals surface area contributed by atoms with E-state index in [4.69, 9.17) is 9.47 Å². The van der Waals surface area contributed by atoms with Crippen LogP contribution >= 0.6 is 0 Å². The van der Waals surface area contributed by atoms with Crippen molar-refractivity contribution in [3.05, 3.63) is 0 Å². The summed E-state index contributed by atoms with van der Waals surface area (Å²) in [5, 5.41) is 3.01. The number of carbonyl (C=O) groups is 2. The number of hydrogen-bond donors (Lipinski definition) is 1. The Morgan fingerprint density at radius 3 is 2.67 bits per heavy atom. The Labute approximate surface area is 145 Å². The van der Waals surface area contributed by atoms with E-state index >= 15 is 0 Å². The number of carbonyl (C=O) groups excluding carboxylic acids is 2. The molecule has 0 aromatic rings. The molecule has 6 heteroatoms. The summed E-state index contributed by atoms with van der Waals surface area (Å²) in [4.78, 5) is 26.4. The minimum atomic E-state index is -0.238. The highest BCUT2D eigenvalue weighted by Crippen LogP contribution is 2.36. The third-order valence-corrected chi connectivity index (χ3v) is 5.37. The number of hydrogen-bond acceptors (Lipinski definition) is 5. The maximum Gasteiger partial charge on any atom is 0.307 e. The van der Waals surface area contributed by atoms with Gasteiger partial charge in [-0.15, -0.1) is 0 Å². The van der Waals surface area contributed by atoms with Gasteiger partial charge < -0.3 is 14.8 Å². The van der Waals surface area contributed by atoms with E-state index in [9.17, 15) is 9.59 Å². The topological polar surface area (TPSA) is 67.9 Å². The van der Waals surface area contributed by atoms with Crippen molar-refractivity contribution in [2.24, 2.45) is 5.92 Å². The van der Waals surface area contributed by atoms with Crippen LogP contribution in [0.25, 0.3) is 0 Å². The maximum absolute atomic E-state index is 12.3. The Kier molecular flexibility index (Phi) is 7.49. The number of likely N-dealkylation sites (N-methyl/N-ethyl adjacent to an activating group) is 1. The van der Waals surface area contributed by atoms with Crippen LogP contribution in [0.3, 0.4) is 0 Å². The molecule has 2 fully saturated rings. The number of esters is 1. The molecule has 1 saturated carbocycles. The van der Waals surface area contributed by atoms with Crippen LogP contribution in [0.1, 0.15) is 51.9 Å². The molecule has 1 N–H and O–H groups in total. The van der Waals surface area contributed by atoms with Gasteiger partial charge in [0.05, 0.1) is 26.2 Å². The highest BCUT2D eigenvalue weighted by Gasteiger charge is 2.39. The van der Waals surface area contributed by atoms with E-state index in [0.29, 0.717) is 32.0 Å². The molecule has 1 aliphatic carbocycles. The SMILES string of the molecule is CCOC(=O)CC1(N(C)CC(=O)NCC2CCOC2)CCCCC1. The smallest absolute Gasteiger partial charge is 0.307 e. The molecule has 0 aromatic heterocycles. The number of nitrogens with one attached hydrogen (secondary N) is 1. The Balaban J connectivity index is 1.87. The molecule has 1 heterocycles. The van der Waals surface area contributed by atoms with Gasteiger partial charge in [0, 0.05) is 24.6 Å². The van der Waals surface area contributed by atoms with Crippen LogP contribution in [0.5, 0.6) is 0 Å². The van der Waals surface area contributed by atoms with Gasteiger partial charge in [-0.2, -0.15) is 0 Å². The van der Waals surface area contributed by atoms with Gasteiger partial charge in [-0.05, 0) is 33.2 Å². The van der Waals surface area contributed by atoms with Crippen molar-refractivity contribution >= 4 is 11.9 Å². The van der Waals surface area contributed by atoms with Gasteiger partial charge in [0.25, 0.3) is 0 Å². The molecule has 24 heavy (non-hydrogen) atoms. The summed E-state index contributed by atoms with van der Waals surface area (Å²) in [6.07, 6.45) is 6.70. The molecule has 138 valence electrons. The third-order valence-electron chi connectivity index (χ3n) is 5.37. The molecule has 0 aromatic carbocycles. The Morgan fingerprint density at radius 1 is 1.29 bits per heavy atom. The first-order chi connectivity index (χ1) is 11.6. The van der Waals surface area contributed by atoms with E-state index in [1.165, 1.54) is 6.42 Å². The summed E-state index contributed by atoms with van der Waals surface area (Å²) in [5.74, 6) is 0.301. The second-order valence-corrected chi connectivity index (χ2v) is 7.16. The summed E-state index contributed by atoms with van der Waals surface area (Å²) < 4.78 is 10.5. The van der Waals surface area contributed by atoms with Gasteiger partial charge in [-0.1, -0.05) is 19.3 Å². The van der Waals surface area contributed by atoms with E-state index in [-0.39, 0.29) is 17.4 Å². The lowest BCUT2D eigenvalue weighted by Gasteiger charge is -2.44. The maximum atomic E-state index is 12.3. The quantitative estimate of drug-likeness (QED) is 0.682. The highest BCUT2D eigenvalue weighted by molar-refractivity contribution is 5.78. The first-order valence-corrected chi connectivity index (χ1v) is 9.27. The molecule has 1 unspecified atom stereocenters. The van der Waals surface area contributed by atoms with Gasteiger partial charge in [0.2, 0.25) is 5.91 Å². The van der Waals surface area contributed by atoms with Gasteiger partial charge in [0.1, 0.15) is 0 Å². The van der Waals surface area contributed by atoms with E-state index in [2.05, 4.69) is 10.2 Å². The summed E-state index contributed by atoms with van der Waals surface area (Å²) in [6.45, 7) is 4.77. The summed E-state index contributed by atoms with van der Waals surface area (Å²) in [6, 6.07) is 0. The van der Waals surface area contributed by atoms with E-state index in [0.717, 1.165) is 45.3 Å². The monoisotopic (exact) mass is 340 g/mol. The summed E-state index contributed by atoms with van der Waals surface area (Å²) in [7, 11) is 1.96. The number of amides is 1. The van der Waals surface area contributed by atoms with Crippen molar-refractivity contribution in [1.82, 2.24) is 10.2 Å². The van der Waals surface area contributed by atoms with Crippen LogP contribution in [0, 0.1) is 5.92 Å². The van der Waals surface area contributed by atoms with Crippen LogP contribution < -0.4 is 5.32 Å². The molecular formula is C18H32N2O4.